The van der Waals surface area contributed by atoms with Gasteiger partial charge in [0.15, 0.2) is 0 Å². The standard InChI is InChI=1S/C15H29NS/c1-8-16-13(12-17-15(5,6)7)10-9-11-14(2,3)4/h13,16H,8,10,12H2,1-7H3. The van der Waals surface area contributed by atoms with Crippen molar-refractivity contribution in [1.29, 1.82) is 0 Å². The van der Waals surface area contributed by atoms with Crippen LogP contribution in [0.15, 0.2) is 0 Å². The number of hydrogen-bond acceptors (Lipinski definition) is 2. The fourth-order valence-electron chi connectivity index (χ4n) is 1.27. The van der Waals surface area contributed by atoms with Crippen LogP contribution in [0, 0.1) is 17.3 Å². The van der Waals surface area contributed by atoms with E-state index in [1.54, 1.807) is 0 Å². The Morgan fingerprint density at radius 3 is 2.12 bits per heavy atom. The summed E-state index contributed by atoms with van der Waals surface area (Å²) in [4.78, 5) is 0. The minimum Gasteiger partial charge on any atom is -0.312 e. The molecule has 0 spiro atoms. The van der Waals surface area contributed by atoms with E-state index in [1.807, 2.05) is 11.8 Å². The van der Waals surface area contributed by atoms with Crippen molar-refractivity contribution < 1.29 is 0 Å². The van der Waals surface area contributed by atoms with Crippen LogP contribution in [0.2, 0.25) is 0 Å². The van der Waals surface area contributed by atoms with Gasteiger partial charge in [-0.1, -0.05) is 33.6 Å². The molecule has 0 aliphatic rings. The quantitative estimate of drug-likeness (QED) is 0.747. The van der Waals surface area contributed by atoms with Crippen LogP contribution in [0.5, 0.6) is 0 Å². The maximum absolute atomic E-state index is 3.52. The van der Waals surface area contributed by atoms with E-state index in [1.165, 1.54) is 0 Å². The van der Waals surface area contributed by atoms with E-state index in [9.17, 15) is 0 Å². The van der Waals surface area contributed by atoms with Crippen LogP contribution in [0.3, 0.4) is 0 Å². The first-order valence-electron chi connectivity index (χ1n) is 6.51. The second-order valence-electron chi connectivity index (χ2n) is 6.43. The van der Waals surface area contributed by atoms with Crippen LogP contribution in [-0.4, -0.2) is 23.1 Å². The van der Waals surface area contributed by atoms with Crippen LogP contribution in [0.4, 0.5) is 0 Å². The molecule has 2 heteroatoms. The fourth-order valence-corrected chi connectivity index (χ4v) is 2.21. The molecule has 0 amide bonds. The van der Waals surface area contributed by atoms with Gasteiger partial charge >= 0.3 is 0 Å². The molecule has 0 aromatic rings. The van der Waals surface area contributed by atoms with Gasteiger partial charge in [-0.3, -0.25) is 0 Å². The lowest BCUT2D eigenvalue weighted by Gasteiger charge is -2.22. The van der Waals surface area contributed by atoms with E-state index < -0.39 is 0 Å². The van der Waals surface area contributed by atoms with Gasteiger partial charge in [-0.2, -0.15) is 11.8 Å². The topological polar surface area (TPSA) is 12.0 Å². The first kappa shape index (κ1) is 16.9. The molecule has 0 aromatic heterocycles. The van der Waals surface area contributed by atoms with Crippen molar-refractivity contribution >= 4 is 11.8 Å². The summed E-state index contributed by atoms with van der Waals surface area (Å²) in [6.07, 6.45) is 0.953. The highest BCUT2D eigenvalue weighted by Crippen LogP contribution is 2.24. The third kappa shape index (κ3) is 12.1. The molecule has 0 saturated heterocycles. The minimum absolute atomic E-state index is 0.119. The molecule has 0 fully saturated rings. The van der Waals surface area contributed by atoms with Crippen molar-refractivity contribution in [2.75, 3.05) is 12.3 Å². The van der Waals surface area contributed by atoms with E-state index in [0.29, 0.717) is 10.8 Å². The van der Waals surface area contributed by atoms with Gasteiger partial charge in [0, 0.05) is 28.4 Å². The SMILES string of the molecule is CCNC(CC#CC(C)(C)C)CSC(C)(C)C. The molecular formula is C15H29NS. The Bertz CT molecular complexity index is 259. The van der Waals surface area contributed by atoms with Crippen molar-refractivity contribution in [1.82, 2.24) is 5.32 Å². The van der Waals surface area contributed by atoms with Crippen molar-refractivity contribution in [2.45, 2.75) is 65.7 Å². The number of nitrogens with one attached hydrogen (secondary N) is 1. The van der Waals surface area contributed by atoms with Crippen molar-refractivity contribution in [3.63, 3.8) is 0 Å². The predicted octanol–water partition coefficient (Wildman–Crippen LogP) is 3.94. The molecule has 17 heavy (non-hydrogen) atoms. The van der Waals surface area contributed by atoms with Crippen LogP contribution in [0.25, 0.3) is 0 Å². The average molecular weight is 255 g/mol. The van der Waals surface area contributed by atoms with Gasteiger partial charge < -0.3 is 5.32 Å². The fraction of sp³-hybridized carbons (Fsp3) is 0.867. The zero-order valence-electron chi connectivity index (χ0n) is 12.6. The summed E-state index contributed by atoms with van der Waals surface area (Å²) in [5, 5.41) is 3.52. The molecule has 0 aromatic carbocycles. The van der Waals surface area contributed by atoms with E-state index >= 15 is 0 Å². The summed E-state index contributed by atoms with van der Waals surface area (Å²) in [6.45, 7) is 16.5. The summed E-state index contributed by atoms with van der Waals surface area (Å²) >= 11 is 2.01. The van der Waals surface area contributed by atoms with E-state index in [2.05, 4.69) is 65.6 Å². The van der Waals surface area contributed by atoms with Gasteiger partial charge in [-0.15, -0.1) is 5.92 Å². The Kier molecular flexibility index (Phi) is 7.28. The average Bonchev–Trinajstić information content (AvgIpc) is 2.11. The number of rotatable bonds is 5. The highest BCUT2D eigenvalue weighted by atomic mass is 32.2. The number of hydrogen-bond donors (Lipinski definition) is 1. The Morgan fingerprint density at radius 1 is 1.12 bits per heavy atom. The van der Waals surface area contributed by atoms with Crippen LogP contribution < -0.4 is 5.32 Å². The third-order valence-electron chi connectivity index (χ3n) is 2.02. The molecule has 0 aliphatic carbocycles. The Morgan fingerprint density at radius 2 is 1.71 bits per heavy atom. The molecular weight excluding hydrogens is 226 g/mol. The summed E-state index contributed by atoms with van der Waals surface area (Å²) < 4.78 is 0.338. The molecule has 1 N–H and O–H groups in total. The van der Waals surface area contributed by atoms with E-state index in [4.69, 9.17) is 0 Å². The van der Waals surface area contributed by atoms with Gasteiger partial charge in [-0.05, 0) is 27.3 Å². The largest absolute Gasteiger partial charge is 0.312 e. The lowest BCUT2D eigenvalue weighted by molar-refractivity contribution is 0.563. The molecule has 1 unspecified atom stereocenters. The molecule has 0 rings (SSSR count). The Hall–Kier alpha value is -0.130. The van der Waals surface area contributed by atoms with Crippen LogP contribution >= 0.6 is 11.8 Å². The molecule has 0 aliphatic heterocycles. The maximum Gasteiger partial charge on any atom is 0.0267 e. The second kappa shape index (κ2) is 7.34. The monoisotopic (exact) mass is 255 g/mol. The molecule has 0 bridgehead atoms. The first-order valence-corrected chi connectivity index (χ1v) is 7.50. The van der Waals surface area contributed by atoms with Gasteiger partial charge in [0.2, 0.25) is 0 Å². The molecule has 100 valence electrons. The Balaban J connectivity index is 4.19. The van der Waals surface area contributed by atoms with Crippen molar-refractivity contribution in [2.24, 2.45) is 5.41 Å². The van der Waals surface area contributed by atoms with Crippen LogP contribution in [0.1, 0.15) is 54.9 Å². The van der Waals surface area contributed by atoms with Gasteiger partial charge in [-0.25, -0.2) is 0 Å². The van der Waals surface area contributed by atoms with Gasteiger partial charge in [0.05, 0.1) is 0 Å². The third-order valence-corrected chi connectivity index (χ3v) is 3.46. The minimum atomic E-state index is 0.119. The van der Waals surface area contributed by atoms with Crippen molar-refractivity contribution in [3.05, 3.63) is 0 Å². The van der Waals surface area contributed by atoms with Crippen LogP contribution in [-0.2, 0) is 0 Å². The highest BCUT2D eigenvalue weighted by Gasteiger charge is 2.14. The Labute approximate surface area is 113 Å². The van der Waals surface area contributed by atoms with E-state index in [0.717, 1.165) is 18.7 Å². The second-order valence-corrected chi connectivity index (χ2v) is 8.28. The summed E-state index contributed by atoms with van der Waals surface area (Å²) in [7, 11) is 0. The van der Waals surface area contributed by atoms with E-state index in [-0.39, 0.29) is 5.41 Å². The summed E-state index contributed by atoms with van der Waals surface area (Å²) in [6, 6.07) is 0.513. The smallest absolute Gasteiger partial charge is 0.0267 e. The molecule has 1 nitrogen and oxygen atoms in total. The normalized spacial score (nSPS) is 14.1. The van der Waals surface area contributed by atoms with Gasteiger partial charge in [0.1, 0.15) is 0 Å². The lowest BCUT2D eigenvalue weighted by atomic mass is 9.97. The predicted molar refractivity (Wildman–Crippen MR) is 81.5 cm³/mol. The molecule has 0 heterocycles. The molecule has 0 saturated carbocycles. The van der Waals surface area contributed by atoms with Gasteiger partial charge in [0.25, 0.3) is 0 Å². The zero-order valence-corrected chi connectivity index (χ0v) is 13.4. The van der Waals surface area contributed by atoms with Crippen molar-refractivity contribution in [3.8, 4) is 11.8 Å². The first-order chi connectivity index (χ1) is 7.64. The maximum atomic E-state index is 3.52. The lowest BCUT2D eigenvalue weighted by Crippen LogP contribution is -2.32. The summed E-state index contributed by atoms with van der Waals surface area (Å²) in [5.74, 6) is 7.76. The highest BCUT2D eigenvalue weighted by molar-refractivity contribution is 8.00. The molecule has 0 radical (unpaired) electrons. The number of thioether (sulfide) groups is 1. The summed E-state index contributed by atoms with van der Waals surface area (Å²) in [5.41, 5.74) is 0.119. The molecule has 1 atom stereocenters. The zero-order chi connectivity index (χ0) is 13.5.